The fourth-order valence-corrected chi connectivity index (χ4v) is 1.51. The number of benzene rings is 2. The normalized spacial score (nSPS) is 9.44. The van der Waals surface area contributed by atoms with E-state index in [1.807, 2.05) is 42.5 Å². The molecule has 0 aliphatic rings. The monoisotopic (exact) mass is 207 g/mol. The molecular formula is C14H9NO. The third-order valence-electron chi connectivity index (χ3n) is 2.36. The van der Waals surface area contributed by atoms with Crippen molar-refractivity contribution in [1.29, 1.82) is 5.26 Å². The number of nitriles is 1. The Labute approximate surface area is 93.8 Å². The van der Waals surface area contributed by atoms with E-state index in [0.717, 1.165) is 11.1 Å². The van der Waals surface area contributed by atoms with E-state index >= 15 is 0 Å². The van der Waals surface area contributed by atoms with Gasteiger partial charge in [0.15, 0.2) is 0 Å². The number of carbonyl (C=O) groups is 1. The molecule has 2 heteroatoms. The van der Waals surface area contributed by atoms with E-state index in [1.165, 1.54) is 0 Å². The lowest BCUT2D eigenvalue weighted by molar-refractivity contribution is 0.105. The van der Waals surface area contributed by atoms with Gasteiger partial charge in [-0.3, -0.25) is 4.79 Å². The fraction of sp³-hybridized carbons (Fsp3) is 0. The van der Waals surface area contributed by atoms with Crippen molar-refractivity contribution in [1.82, 2.24) is 0 Å². The number of hydrogen-bond acceptors (Lipinski definition) is 2. The summed E-state index contributed by atoms with van der Waals surface area (Å²) in [7, 11) is 0. The van der Waals surface area contributed by atoms with Crippen LogP contribution in [0, 0.1) is 11.3 Å². The molecule has 0 radical (unpaired) electrons. The Kier molecular flexibility index (Phi) is 2.79. The summed E-state index contributed by atoms with van der Waals surface area (Å²) in [6.45, 7) is 0. The maximum atomic E-state index is 11.1. The third kappa shape index (κ3) is 1.99. The molecule has 0 unspecified atom stereocenters. The van der Waals surface area contributed by atoms with E-state index < -0.39 is 5.78 Å². The van der Waals surface area contributed by atoms with Gasteiger partial charge < -0.3 is 0 Å². The molecule has 0 heterocycles. The largest absolute Gasteiger partial charge is 0.277 e. The van der Waals surface area contributed by atoms with Crippen LogP contribution in [0.1, 0.15) is 10.4 Å². The van der Waals surface area contributed by atoms with Gasteiger partial charge in [0.2, 0.25) is 0 Å². The smallest absolute Gasteiger partial charge is 0.262 e. The standard InChI is InChI=1S/C14H9NO/c15-10-14(16)13-8-6-12(7-9-13)11-4-2-1-3-5-11/h1-9H. The van der Waals surface area contributed by atoms with Crippen LogP contribution in [0.4, 0.5) is 0 Å². The first-order chi connectivity index (χ1) is 7.81. The van der Waals surface area contributed by atoms with Crippen LogP contribution in [-0.4, -0.2) is 5.78 Å². The summed E-state index contributed by atoms with van der Waals surface area (Å²) in [6.07, 6.45) is 0. The molecule has 76 valence electrons. The average Bonchev–Trinajstić information content (AvgIpc) is 2.39. The minimum atomic E-state index is -0.500. The Balaban J connectivity index is 2.34. The topological polar surface area (TPSA) is 40.9 Å². The molecule has 0 N–H and O–H groups in total. The van der Waals surface area contributed by atoms with Crippen LogP contribution in [0.5, 0.6) is 0 Å². The Hall–Kier alpha value is -2.40. The molecule has 0 bridgehead atoms. The van der Waals surface area contributed by atoms with Crippen molar-refractivity contribution in [2.24, 2.45) is 0 Å². The highest BCUT2D eigenvalue weighted by molar-refractivity contribution is 6.07. The SMILES string of the molecule is N#CC(=O)c1ccc(-c2ccccc2)cc1. The van der Waals surface area contributed by atoms with Crippen molar-refractivity contribution in [3.63, 3.8) is 0 Å². The fourth-order valence-electron chi connectivity index (χ4n) is 1.51. The van der Waals surface area contributed by atoms with Crippen LogP contribution >= 0.6 is 0 Å². The van der Waals surface area contributed by atoms with E-state index in [9.17, 15) is 4.79 Å². The van der Waals surface area contributed by atoms with Crippen LogP contribution < -0.4 is 0 Å². The Morgan fingerprint density at radius 1 is 0.875 bits per heavy atom. The molecule has 16 heavy (non-hydrogen) atoms. The maximum absolute atomic E-state index is 11.1. The second kappa shape index (κ2) is 4.41. The predicted octanol–water partition coefficient (Wildman–Crippen LogP) is 3.06. The number of carbonyl (C=O) groups excluding carboxylic acids is 1. The molecule has 0 saturated carbocycles. The second-order valence-corrected chi connectivity index (χ2v) is 3.38. The zero-order valence-electron chi connectivity index (χ0n) is 8.55. The molecule has 0 aliphatic carbocycles. The maximum Gasteiger partial charge on any atom is 0.262 e. The average molecular weight is 207 g/mol. The first-order valence-electron chi connectivity index (χ1n) is 4.91. The molecule has 0 saturated heterocycles. The molecule has 0 aliphatic heterocycles. The van der Waals surface area contributed by atoms with Crippen molar-refractivity contribution in [3.05, 3.63) is 60.2 Å². The number of nitrogens with zero attached hydrogens (tertiary/aromatic N) is 1. The van der Waals surface area contributed by atoms with Crippen molar-refractivity contribution < 1.29 is 4.79 Å². The van der Waals surface area contributed by atoms with E-state index in [2.05, 4.69) is 0 Å². The van der Waals surface area contributed by atoms with Gasteiger partial charge >= 0.3 is 0 Å². The Morgan fingerprint density at radius 2 is 1.44 bits per heavy atom. The lowest BCUT2D eigenvalue weighted by Gasteiger charge is -2.01. The number of ketones is 1. The summed E-state index contributed by atoms with van der Waals surface area (Å²) in [6, 6.07) is 18.5. The van der Waals surface area contributed by atoms with E-state index in [-0.39, 0.29) is 0 Å². The van der Waals surface area contributed by atoms with Crippen LogP contribution in [0.2, 0.25) is 0 Å². The van der Waals surface area contributed by atoms with Crippen LogP contribution in [0.15, 0.2) is 54.6 Å². The minimum absolute atomic E-state index is 0.433. The lowest BCUT2D eigenvalue weighted by atomic mass is 10.0. The minimum Gasteiger partial charge on any atom is -0.277 e. The van der Waals surface area contributed by atoms with Gasteiger partial charge in [-0.15, -0.1) is 0 Å². The van der Waals surface area contributed by atoms with Gasteiger partial charge in [0.05, 0.1) is 0 Å². The Bertz CT molecular complexity index is 535. The summed E-state index contributed by atoms with van der Waals surface area (Å²) >= 11 is 0. The highest BCUT2D eigenvalue weighted by atomic mass is 16.1. The van der Waals surface area contributed by atoms with E-state index in [1.54, 1.807) is 18.2 Å². The zero-order chi connectivity index (χ0) is 11.4. The molecule has 0 atom stereocenters. The summed E-state index contributed by atoms with van der Waals surface area (Å²) in [5.74, 6) is -0.500. The molecule has 0 fully saturated rings. The number of rotatable bonds is 2. The predicted molar refractivity (Wildman–Crippen MR) is 61.8 cm³/mol. The van der Waals surface area contributed by atoms with Crippen molar-refractivity contribution in [3.8, 4) is 17.2 Å². The van der Waals surface area contributed by atoms with Gasteiger partial charge in [0.25, 0.3) is 5.78 Å². The molecular weight excluding hydrogens is 198 g/mol. The molecule has 2 nitrogen and oxygen atoms in total. The van der Waals surface area contributed by atoms with Gasteiger partial charge in [0, 0.05) is 5.56 Å². The number of hydrogen-bond donors (Lipinski definition) is 0. The molecule has 0 spiro atoms. The van der Waals surface area contributed by atoms with E-state index in [4.69, 9.17) is 5.26 Å². The first-order valence-corrected chi connectivity index (χ1v) is 4.91. The first kappa shape index (κ1) is 10.1. The Morgan fingerprint density at radius 3 is 2.00 bits per heavy atom. The van der Waals surface area contributed by atoms with Crippen LogP contribution in [-0.2, 0) is 0 Å². The molecule has 0 amide bonds. The highest BCUT2D eigenvalue weighted by Crippen LogP contribution is 2.19. The van der Waals surface area contributed by atoms with Gasteiger partial charge in [-0.2, -0.15) is 5.26 Å². The van der Waals surface area contributed by atoms with Crippen LogP contribution in [0.3, 0.4) is 0 Å². The summed E-state index contributed by atoms with van der Waals surface area (Å²) < 4.78 is 0. The molecule has 2 aromatic carbocycles. The summed E-state index contributed by atoms with van der Waals surface area (Å²) in [4.78, 5) is 11.1. The van der Waals surface area contributed by atoms with Crippen molar-refractivity contribution >= 4 is 5.78 Å². The number of Topliss-reactive ketones (excluding diaryl/α,β-unsaturated/α-hetero) is 1. The quantitative estimate of drug-likeness (QED) is 0.561. The molecule has 2 aromatic rings. The van der Waals surface area contributed by atoms with Crippen molar-refractivity contribution in [2.45, 2.75) is 0 Å². The van der Waals surface area contributed by atoms with Crippen molar-refractivity contribution in [2.75, 3.05) is 0 Å². The van der Waals surface area contributed by atoms with E-state index in [0.29, 0.717) is 5.56 Å². The van der Waals surface area contributed by atoms with Gasteiger partial charge in [-0.25, -0.2) is 0 Å². The van der Waals surface area contributed by atoms with Crippen LogP contribution in [0.25, 0.3) is 11.1 Å². The van der Waals surface area contributed by atoms with Gasteiger partial charge in [-0.1, -0.05) is 42.5 Å². The highest BCUT2D eigenvalue weighted by Gasteiger charge is 2.03. The van der Waals surface area contributed by atoms with Gasteiger partial charge in [0.1, 0.15) is 6.07 Å². The summed E-state index contributed by atoms with van der Waals surface area (Å²) in [5.41, 5.74) is 2.57. The summed E-state index contributed by atoms with van der Waals surface area (Å²) in [5, 5.41) is 8.48. The second-order valence-electron chi connectivity index (χ2n) is 3.38. The zero-order valence-corrected chi connectivity index (χ0v) is 8.55. The third-order valence-corrected chi connectivity index (χ3v) is 2.36. The molecule has 2 rings (SSSR count). The molecule has 0 aromatic heterocycles. The van der Waals surface area contributed by atoms with Gasteiger partial charge in [-0.05, 0) is 23.3 Å². The lowest BCUT2D eigenvalue weighted by Crippen LogP contribution is -1.93.